The molecule has 0 aromatic heterocycles. The fourth-order valence-electron chi connectivity index (χ4n) is 2.47. The minimum absolute atomic E-state index is 0.649. The quantitative estimate of drug-likeness (QED) is 0.909. The Hall–Kier alpha value is -0.930. The van der Waals surface area contributed by atoms with E-state index in [0.29, 0.717) is 6.04 Å². The minimum Gasteiger partial charge on any atom is -0.497 e. The number of hydrogen-bond acceptors (Lipinski definition) is 3. The molecule has 1 N–H and O–H groups in total. The van der Waals surface area contributed by atoms with Gasteiger partial charge in [0.15, 0.2) is 0 Å². The van der Waals surface area contributed by atoms with Gasteiger partial charge in [0, 0.05) is 25.2 Å². The zero-order valence-corrected chi connectivity index (χ0v) is 11.8. The minimum atomic E-state index is 0.649. The Balaban J connectivity index is 2.04. The second-order valence-corrected chi connectivity index (χ2v) is 5.04. The first-order valence-electron chi connectivity index (χ1n) is 6.56. The van der Waals surface area contributed by atoms with Crippen LogP contribution in [0.3, 0.4) is 0 Å². The highest BCUT2D eigenvalue weighted by atomic mass is 35.5. The van der Waals surface area contributed by atoms with Crippen molar-refractivity contribution in [3.8, 4) is 5.75 Å². The highest BCUT2D eigenvalue weighted by Gasteiger charge is 2.20. The molecule has 18 heavy (non-hydrogen) atoms. The molecule has 1 heterocycles. The van der Waals surface area contributed by atoms with Crippen molar-refractivity contribution in [2.24, 2.45) is 0 Å². The van der Waals surface area contributed by atoms with Crippen LogP contribution in [-0.2, 0) is 0 Å². The molecule has 1 aliphatic rings. The highest BCUT2D eigenvalue weighted by Crippen LogP contribution is 2.31. The van der Waals surface area contributed by atoms with Crippen LogP contribution >= 0.6 is 11.6 Å². The third-order valence-corrected chi connectivity index (χ3v) is 3.80. The number of hydrogen-bond donors (Lipinski definition) is 1. The van der Waals surface area contributed by atoms with Crippen LogP contribution in [0.5, 0.6) is 5.75 Å². The summed E-state index contributed by atoms with van der Waals surface area (Å²) in [4.78, 5) is 2.35. The molecule has 0 aliphatic carbocycles. The van der Waals surface area contributed by atoms with E-state index in [2.05, 4.69) is 17.1 Å². The van der Waals surface area contributed by atoms with Gasteiger partial charge in [0.05, 0.1) is 17.8 Å². The lowest BCUT2D eigenvalue weighted by molar-refractivity contribution is 0.412. The van der Waals surface area contributed by atoms with Crippen LogP contribution in [-0.4, -0.2) is 32.8 Å². The summed E-state index contributed by atoms with van der Waals surface area (Å²) in [6.07, 6.45) is 2.34. The molecule has 0 atom stereocenters. The Morgan fingerprint density at radius 3 is 2.72 bits per heavy atom. The standard InChI is InChI=1S/C14H21ClN2O/c1-3-16-11-6-8-17(9-7-11)14-10-12(18-2)4-5-13(14)15/h4-5,10-11,16H,3,6-9H2,1-2H3. The number of piperidine rings is 1. The smallest absolute Gasteiger partial charge is 0.121 e. The summed E-state index contributed by atoms with van der Waals surface area (Å²) in [6.45, 7) is 5.30. The van der Waals surface area contributed by atoms with Gasteiger partial charge in [-0.05, 0) is 31.5 Å². The van der Waals surface area contributed by atoms with Crippen LogP contribution in [0.25, 0.3) is 0 Å². The molecule has 0 amide bonds. The van der Waals surface area contributed by atoms with Crippen molar-refractivity contribution in [2.45, 2.75) is 25.8 Å². The normalized spacial score (nSPS) is 16.9. The highest BCUT2D eigenvalue weighted by molar-refractivity contribution is 6.33. The van der Waals surface area contributed by atoms with E-state index in [0.717, 1.165) is 36.1 Å². The molecule has 0 spiro atoms. The van der Waals surface area contributed by atoms with E-state index in [1.165, 1.54) is 12.8 Å². The van der Waals surface area contributed by atoms with Crippen molar-refractivity contribution in [3.05, 3.63) is 23.2 Å². The molecule has 4 heteroatoms. The molecule has 0 saturated carbocycles. The van der Waals surface area contributed by atoms with Gasteiger partial charge < -0.3 is 15.0 Å². The molecule has 1 aromatic carbocycles. The lowest BCUT2D eigenvalue weighted by Crippen LogP contribution is -2.42. The van der Waals surface area contributed by atoms with E-state index < -0.39 is 0 Å². The van der Waals surface area contributed by atoms with Crippen molar-refractivity contribution in [1.82, 2.24) is 5.32 Å². The average molecular weight is 269 g/mol. The summed E-state index contributed by atoms with van der Waals surface area (Å²) in [5.41, 5.74) is 1.09. The Labute approximate surface area is 114 Å². The number of halogens is 1. The van der Waals surface area contributed by atoms with E-state index in [-0.39, 0.29) is 0 Å². The van der Waals surface area contributed by atoms with E-state index in [1.807, 2.05) is 18.2 Å². The van der Waals surface area contributed by atoms with Crippen LogP contribution in [0.1, 0.15) is 19.8 Å². The first-order chi connectivity index (χ1) is 8.74. The van der Waals surface area contributed by atoms with E-state index in [4.69, 9.17) is 16.3 Å². The first-order valence-corrected chi connectivity index (χ1v) is 6.94. The van der Waals surface area contributed by atoms with Crippen molar-refractivity contribution in [2.75, 3.05) is 31.6 Å². The Bertz CT molecular complexity index is 389. The van der Waals surface area contributed by atoms with E-state index >= 15 is 0 Å². The van der Waals surface area contributed by atoms with Crippen molar-refractivity contribution in [1.29, 1.82) is 0 Å². The number of anilines is 1. The summed E-state index contributed by atoms with van der Waals surface area (Å²) in [5, 5.41) is 4.31. The van der Waals surface area contributed by atoms with Crippen molar-refractivity contribution in [3.63, 3.8) is 0 Å². The zero-order chi connectivity index (χ0) is 13.0. The predicted molar refractivity (Wildman–Crippen MR) is 76.9 cm³/mol. The van der Waals surface area contributed by atoms with Crippen molar-refractivity contribution < 1.29 is 4.74 Å². The van der Waals surface area contributed by atoms with Gasteiger partial charge in [0.2, 0.25) is 0 Å². The molecule has 0 unspecified atom stereocenters. The molecule has 3 nitrogen and oxygen atoms in total. The lowest BCUT2D eigenvalue weighted by Gasteiger charge is -2.34. The Morgan fingerprint density at radius 2 is 2.11 bits per heavy atom. The van der Waals surface area contributed by atoms with Crippen LogP contribution in [0.2, 0.25) is 5.02 Å². The molecule has 1 aromatic rings. The zero-order valence-electron chi connectivity index (χ0n) is 11.1. The Morgan fingerprint density at radius 1 is 1.39 bits per heavy atom. The number of benzene rings is 1. The van der Waals surface area contributed by atoms with Crippen LogP contribution < -0.4 is 15.0 Å². The fourth-order valence-corrected chi connectivity index (χ4v) is 2.71. The van der Waals surface area contributed by atoms with Crippen LogP contribution in [0, 0.1) is 0 Å². The summed E-state index contributed by atoms with van der Waals surface area (Å²) < 4.78 is 5.26. The van der Waals surface area contributed by atoms with Crippen molar-refractivity contribution >= 4 is 17.3 Å². The maximum Gasteiger partial charge on any atom is 0.121 e. The number of ether oxygens (including phenoxy) is 1. The largest absolute Gasteiger partial charge is 0.497 e. The molecular weight excluding hydrogens is 248 g/mol. The molecule has 1 aliphatic heterocycles. The van der Waals surface area contributed by atoms with Gasteiger partial charge in [-0.1, -0.05) is 18.5 Å². The summed E-state index contributed by atoms with van der Waals surface area (Å²) >= 11 is 6.27. The van der Waals surface area contributed by atoms with Gasteiger partial charge in [0.25, 0.3) is 0 Å². The molecule has 1 fully saturated rings. The third kappa shape index (κ3) is 3.09. The number of methoxy groups -OCH3 is 1. The van der Waals surface area contributed by atoms with Gasteiger partial charge in [0.1, 0.15) is 5.75 Å². The SMILES string of the molecule is CCNC1CCN(c2cc(OC)ccc2Cl)CC1. The summed E-state index contributed by atoms with van der Waals surface area (Å²) in [7, 11) is 1.68. The van der Waals surface area contributed by atoms with E-state index in [9.17, 15) is 0 Å². The van der Waals surface area contributed by atoms with Gasteiger partial charge in [-0.3, -0.25) is 0 Å². The van der Waals surface area contributed by atoms with Gasteiger partial charge in [-0.25, -0.2) is 0 Å². The monoisotopic (exact) mass is 268 g/mol. The molecular formula is C14H21ClN2O. The number of rotatable bonds is 4. The van der Waals surface area contributed by atoms with Gasteiger partial charge in [-0.15, -0.1) is 0 Å². The maximum atomic E-state index is 6.27. The predicted octanol–water partition coefficient (Wildman–Crippen LogP) is 2.93. The average Bonchev–Trinajstić information content (AvgIpc) is 2.41. The molecule has 0 radical (unpaired) electrons. The molecule has 1 saturated heterocycles. The fraction of sp³-hybridized carbons (Fsp3) is 0.571. The second-order valence-electron chi connectivity index (χ2n) is 4.64. The molecule has 100 valence electrons. The van der Waals surface area contributed by atoms with E-state index in [1.54, 1.807) is 7.11 Å². The topological polar surface area (TPSA) is 24.5 Å². The van der Waals surface area contributed by atoms with Crippen LogP contribution in [0.15, 0.2) is 18.2 Å². The summed E-state index contributed by atoms with van der Waals surface area (Å²) in [6, 6.07) is 6.48. The summed E-state index contributed by atoms with van der Waals surface area (Å²) in [5.74, 6) is 0.864. The maximum absolute atomic E-state index is 6.27. The van der Waals surface area contributed by atoms with Crippen LogP contribution in [0.4, 0.5) is 5.69 Å². The lowest BCUT2D eigenvalue weighted by atomic mass is 10.0. The number of nitrogens with one attached hydrogen (secondary N) is 1. The Kier molecular flexibility index (Phi) is 4.72. The molecule has 2 rings (SSSR count). The third-order valence-electron chi connectivity index (χ3n) is 3.48. The molecule has 0 bridgehead atoms. The second kappa shape index (κ2) is 6.30. The van der Waals surface area contributed by atoms with Gasteiger partial charge >= 0.3 is 0 Å². The van der Waals surface area contributed by atoms with Gasteiger partial charge in [-0.2, -0.15) is 0 Å². The first kappa shape index (κ1) is 13.5. The number of nitrogens with zero attached hydrogens (tertiary/aromatic N) is 1.